The summed E-state index contributed by atoms with van der Waals surface area (Å²) in [5.41, 5.74) is 8.32. The molecule has 1 fully saturated rings. The summed E-state index contributed by atoms with van der Waals surface area (Å²) in [6, 6.07) is 5.77. The van der Waals surface area contributed by atoms with E-state index < -0.39 is 0 Å². The van der Waals surface area contributed by atoms with Gasteiger partial charge in [0.1, 0.15) is 0 Å². The molecule has 4 nitrogen and oxygen atoms in total. The number of carbonyl (C=O) groups is 1. The lowest BCUT2D eigenvalue weighted by atomic mass is 10.1. The van der Waals surface area contributed by atoms with Crippen molar-refractivity contribution in [3.05, 3.63) is 23.8 Å². The first-order valence-corrected chi connectivity index (χ1v) is 8.04. The fourth-order valence-electron chi connectivity index (χ4n) is 2.41. The van der Waals surface area contributed by atoms with E-state index in [9.17, 15) is 4.79 Å². The third-order valence-electron chi connectivity index (χ3n) is 3.73. The summed E-state index contributed by atoms with van der Waals surface area (Å²) in [6.45, 7) is 7.57. The molecule has 1 aromatic rings. The van der Waals surface area contributed by atoms with Gasteiger partial charge in [0.15, 0.2) is 0 Å². The van der Waals surface area contributed by atoms with Crippen molar-refractivity contribution in [3.8, 4) is 0 Å². The molecular formula is C15H22N2O2S. The first kappa shape index (κ1) is 15.0. The van der Waals surface area contributed by atoms with Gasteiger partial charge in [-0.2, -0.15) is 11.8 Å². The topological polar surface area (TPSA) is 55.6 Å². The largest absolute Gasteiger partial charge is 0.462 e. The maximum absolute atomic E-state index is 11.9. The SMILES string of the molecule is CCOC(=O)c1ccc(N)c(N2CCSC(C)C2C)c1. The van der Waals surface area contributed by atoms with E-state index >= 15 is 0 Å². The van der Waals surface area contributed by atoms with E-state index in [0.717, 1.165) is 18.0 Å². The molecule has 2 rings (SSSR count). The summed E-state index contributed by atoms with van der Waals surface area (Å²) >= 11 is 1.97. The Balaban J connectivity index is 2.30. The lowest BCUT2D eigenvalue weighted by molar-refractivity contribution is 0.0526. The molecule has 1 heterocycles. The molecule has 2 atom stereocenters. The summed E-state index contributed by atoms with van der Waals surface area (Å²) in [4.78, 5) is 14.1. The van der Waals surface area contributed by atoms with Crippen molar-refractivity contribution in [1.82, 2.24) is 0 Å². The van der Waals surface area contributed by atoms with Crippen LogP contribution in [0.3, 0.4) is 0 Å². The molecule has 1 aliphatic rings. The standard InChI is InChI=1S/C15H22N2O2S/c1-4-19-15(18)12-5-6-13(16)14(9-12)17-7-8-20-11(3)10(17)2/h5-6,9-11H,4,7-8,16H2,1-3H3. The number of rotatable bonds is 3. The van der Waals surface area contributed by atoms with Crippen LogP contribution in [0.2, 0.25) is 0 Å². The Morgan fingerprint density at radius 2 is 2.25 bits per heavy atom. The molecule has 0 aromatic heterocycles. The second kappa shape index (κ2) is 6.39. The minimum absolute atomic E-state index is 0.291. The number of anilines is 2. The first-order chi connectivity index (χ1) is 9.54. The van der Waals surface area contributed by atoms with Gasteiger partial charge in [0, 0.05) is 23.6 Å². The Morgan fingerprint density at radius 3 is 2.95 bits per heavy atom. The molecule has 1 saturated heterocycles. The van der Waals surface area contributed by atoms with Crippen molar-refractivity contribution in [2.75, 3.05) is 29.5 Å². The van der Waals surface area contributed by atoms with Crippen LogP contribution in [0.1, 0.15) is 31.1 Å². The number of nitrogens with two attached hydrogens (primary N) is 1. The van der Waals surface area contributed by atoms with E-state index in [-0.39, 0.29) is 5.97 Å². The van der Waals surface area contributed by atoms with Crippen LogP contribution in [0.5, 0.6) is 0 Å². The Morgan fingerprint density at radius 1 is 1.50 bits per heavy atom. The monoisotopic (exact) mass is 294 g/mol. The summed E-state index contributed by atoms with van der Waals surface area (Å²) in [5.74, 6) is 0.787. The maximum Gasteiger partial charge on any atom is 0.338 e. The van der Waals surface area contributed by atoms with Crippen molar-refractivity contribution >= 4 is 29.1 Å². The summed E-state index contributed by atoms with van der Waals surface area (Å²) < 4.78 is 5.06. The molecule has 0 saturated carbocycles. The van der Waals surface area contributed by atoms with Gasteiger partial charge < -0.3 is 15.4 Å². The van der Waals surface area contributed by atoms with Gasteiger partial charge in [-0.15, -0.1) is 0 Å². The fourth-order valence-corrected chi connectivity index (χ4v) is 3.51. The molecular weight excluding hydrogens is 272 g/mol. The first-order valence-electron chi connectivity index (χ1n) is 6.99. The van der Waals surface area contributed by atoms with Crippen molar-refractivity contribution in [2.45, 2.75) is 32.1 Å². The average Bonchev–Trinajstić information content (AvgIpc) is 2.43. The second-order valence-corrected chi connectivity index (χ2v) is 6.49. The molecule has 0 bridgehead atoms. The van der Waals surface area contributed by atoms with Gasteiger partial charge in [-0.3, -0.25) is 0 Å². The number of thioether (sulfide) groups is 1. The van der Waals surface area contributed by atoms with Crippen LogP contribution in [0.15, 0.2) is 18.2 Å². The molecule has 2 unspecified atom stereocenters. The lowest BCUT2D eigenvalue weighted by Crippen LogP contribution is -2.45. The number of esters is 1. The van der Waals surface area contributed by atoms with Gasteiger partial charge in [-0.25, -0.2) is 4.79 Å². The maximum atomic E-state index is 11.9. The van der Waals surface area contributed by atoms with Gasteiger partial charge in [-0.05, 0) is 32.0 Å². The number of benzene rings is 1. The molecule has 5 heteroatoms. The van der Waals surface area contributed by atoms with Gasteiger partial charge >= 0.3 is 5.97 Å². The molecule has 0 amide bonds. The Hall–Kier alpha value is -1.36. The fraction of sp³-hybridized carbons (Fsp3) is 0.533. The highest BCUT2D eigenvalue weighted by Crippen LogP contribution is 2.33. The van der Waals surface area contributed by atoms with Crippen molar-refractivity contribution < 1.29 is 9.53 Å². The average molecular weight is 294 g/mol. The normalized spacial score (nSPS) is 22.6. The number of carbonyl (C=O) groups excluding carboxylic acids is 1. The summed E-state index contributed by atoms with van der Waals surface area (Å²) in [5, 5.41) is 0.550. The smallest absolute Gasteiger partial charge is 0.338 e. The Labute approximate surface area is 124 Å². The molecule has 1 aliphatic heterocycles. The molecule has 1 aromatic carbocycles. The predicted molar refractivity (Wildman–Crippen MR) is 85.5 cm³/mol. The number of hydrogen-bond donors (Lipinski definition) is 1. The molecule has 20 heavy (non-hydrogen) atoms. The van der Waals surface area contributed by atoms with Gasteiger partial charge in [0.05, 0.1) is 23.5 Å². The summed E-state index contributed by atoms with van der Waals surface area (Å²) in [7, 11) is 0. The quantitative estimate of drug-likeness (QED) is 0.686. The van der Waals surface area contributed by atoms with Gasteiger partial charge in [-0.1, -0.05) is 6.92 Å². The molecule has 0 aliphatic carbocycles. The van der Waals surface area contributed by atoms with Crippen LogP contribution in [0, 0.1) is 0 Å². The zero-order valence-electron chi connectivity index (χ0n) is 12.3. The van der Waals surface area contributed by atoms with Crippen LogP contribution in [-0.4, -0.2) is 36.2 Å². The van der Waals surface area contributed by atoms with Crippen LogP contribution >= 0.6 is 11.8 Å². The highest BCUT2D eigenvalue weighted by molar-refractivity contribution is 8.00. The van der Waals surface area contributed by atoms with Crippen molar-refractivity contribution in [2.24, 2.45) is 0 Å². The number of nitrogen functional groups attached to an aromatic ring is 1. The zero-order valence-corrected chi connectivity index (χ0v) is 13.1. The highest BCUT2D eigenvalue weighted by atomic mass is 32.2. The third kappa shape index (κ3) is 3.03. The third-order valence-corrected chi connectivity index (χ3v) is 5.07. The van der Waals surface area contributed by atoms with Crippen molar-refractivity contribution in [1.29, 1.82) is 0 Å². The number of ether oxygens (including phenoxy) is 1. The van der Waals surface area contributed by atoms with E-state index in [1.54, 1.807) is 12.1 Å². The Kier molecular flexibility index (Phi) is 4.81. The van der Waals surface area contributed by atoms with E-state index in [0.29, 0.717) is 29.1 Å². The minimum atomic E-state index is -0.291. The molecule has 0 spiro atoms. The Bertz CT molecular complexity index is 493. The van der Waals surface area contributed by atoms with E-state index in [2.05, 4.69) is 18.7 Å². The highest BCUT2D eigenvalue weighted by Gasteiger charge is 2.27. The number of hydrogen-bond acceptors (Lipinski definition) is 5. The van der Waals surface area contributed by atoms with E-state index in [1.807, 2.05) is 24.8 Å². The van der Waals surface area contributed by atoms with Crippen LogP contribution in [0.25, 0.3) is 0 Å². The van der Waals surface area contributed by atoms with Gasteiger partial charge in [0.25, 0.3) is 0 Å². The van der Waals surface area contributed by atoms with Gasteiger partial charge in [0.2, 0.25) is 0 Å². The number of nitrogens with zero attached hydrogens (tertiary/aromatic N) is 1. The van der Waals surface area contributed by atoms with Crippen molar-refractivity contribution in [3.63, 3.8) is 0 Å². The predicted octanol–water partition coefficient (Wildman–Crippen LogP) is 2.78. The molecule has 2 N–H and O–H groups in total. The van der Waals surface area contributed by atoms with E-state index in [1.165, 1.54) is 0 Å². The lowest BCUT2D eigenvalue weighted by Gasteiger charge is -2.39. The second-order valence-electron chi connectivity index (χ2n) is 5.00. The van der Waals surface area contributed by atoms with Crippen LogP contribution < -0.4 is 10.6 Å². The summed E-state index contributed by atoms with van der Waals surface area (Å²) in [6.07, 6.45) is 0. The molecule has 110 valence electrons. The zero-order chi connectivity index (χ0) is 14.7. The minimum Gasteiger partial charge on any atom is -0.462 e. The van der Waals surface area contributed by atoms with Crippen LogP contribution in [0.4, 0.5) is 11.4 Å². The molecule has 0 radical (unpaired) electrons. The van der Waals surface area contributed by atoms with E-state index in [4.69, 9.17) is 10.5 Å². The van der Waals surface area contributed by atoms with Crippen LogP contribution in [-0.2, 0) is 4.74 Å².